The maximum atomic E-state index is 12.6. The molecule has 0 radical (unpaired) electrons. The van der Waals surface area contributed by atoms with Gasteiger partial charge in [0.15, 0.2) is 0 Å². The van der Waals surface area contributed by atoms with Crippen LogP contribution >= 0.6 is 0 Å². The molecule has 1 fully saturated rings. The van der Waals surface area contributed by atoms with E-state index in [2.05, 4.69) is 27.2 Å². The Morgan fingerprint density at radius 2 is 1.97 bits per heavy atom. The highest BCUT2D eigenvalue weighted by Crippen LogP contribution is 2.21. The number of nitrogens with one attached hydrogen (secondary N) is 1. The third-order valence-corrected chi connectivity index (χ3v) is 5.50. The Hall–Kier alpha value is -3.16. The monoisotopic (exact) mass is 394 g/mol. The van der Waals surface area contributed by atoms with Gasteiger partial charge >= 0.3 is 5.69 Å². The molecule has 8 nitrogen and oxygen atoms in total. The average molecular weight is 394 g/mol. The van der Waals surface area contributed by atoms with Crippen LogP contribution in [0.5, 0.6) is 0 Å². The molecular weight excluding hydrogens is 368 g/mol. The van der Waals surface area contributed by atoms with Crippen molar-refractivity contribution in [2.45, 2.75) is 40.2 Å². The first-order valence-corrected chi connectivity index (χ1v) is 9.99. The van der Waals surface area contributed by atoms with Gasteiger partial charge < -0.3 is 10.2 Å². The smallest absolute Gasteiger partial charge is 0.352 e. The molecule has 2 aromatic heterocycles. The lowest BCUT2D eigenvalue weighted by Gasteiger charge is -2.30. The van der Waals surface area contributed by atoms with Crippen LogP contribution in [0.15, 0.2) is 35.3 Å². The van der Waals surface area contributed by atoms with Gasteiger partial charge in [0.1, 0.15) is 12.4 Å². The molecule has 1 saturated heterocycles. The van der Waals surface area contributed by atoms with E-state index in [0.29, 0.717) is 5.78 Å². The van der Waals surface area contributed by atoms with E-state index < -0.39 is 0 Å². The predicted octanol–water partition coefficient (Wildman–Crippen LogP) is 2.38. The lowest BCUT2D eigenvalue weighted by molar-refractivity contribution is -0.117. The molecule has 1 aromatic carbocycles. The van der Waals surface area contributed by atoms with Crippen LogP contribution in [0.2, 0.25) is 0 Å². The van der Waals surface area contributed by atoms with Crippen molar-refractivity contribution >= 4 is 23.2 Å². The number of anilines is 2. The molecule has 0 spiro atoms. The van der Waals surface area contributed by atoms with Gasteiger partial charge in [0.2, 0.25) is 5.91 Å². The van der Waals surface area contributed by atoms with E-state index in [9.17, 15) is 9.59 Å². The summed E-state index contributed by atoms with van der Waals surface area (Å²) in [7, 11) is 0. The Labute approximate surface area is 169 Å². The maximum absolute atomic E-state index is 12.6. The maximum Gasteiger partial charge on any atom is 0.352 e. The minimum Gasteiger partial charge on any atom is -0.356 e. The van der Waals surface area contributed by atoms with Crippen molar-refractivity contribution in [2.75, 3.05) is 23.3 Å². The van der Waals surface area contributed by atoms with E-state index in [1.807, 2.05) is 38.1 Å². The molecule has 4 rings (SSSR count). The van der Waals surface area contributed by atoms with Crippen LogP contribution in [-0.4, -0.2) is 38.2 Å². The third kappa shape index (κ3) is 4.01. The van der Waals surface area contributed by atoms with Crippen LogP contribution in [0.4, 0.5) is 11.5 Å². The Morgan fingerprint density at radius 1 is 1.21 bits per heavy atom. The van der Waals surface area contributed by atoms with E-state index in [-0.39, 0.29) is 18.1 Å². The Bertz CT molecular complexity index is 1110. The number of carbonyl (C=O) groups excluding carboxylic acids is 1. The quantitative estimate of drug-likeness (QED) is 0.734. The minimum absolute atomic E-state index is 0.161. The van der Waals surface area contributed by atoms with Crippen molar-refractivity contribution < 1.29 is 4.79 Å². The van der Waals surface area contributed by atoms with Crippen molar-refractivity contribution in [3.63, 3.8) is 0 Å². The Kier molecular flexibility index (Phi) is 5.08. The Balaban J connectivity index is 1.52. The molecule has 8 heteroatoms. The van der Waals surface area contributed by atoms with Crippen molar-refractivity contribution in [1.82, 2.24) is 19.2 Å². The SMILES string of the molecule is Cc1ccc(NC(=O)Cn2nc3nc(N4CCC(C)CC4)ccn3c2=O)c(C)c1. The van der Waals surface area contributed by atoms with Crippen LogP contribution in [0.1, 0.15) is 30.9 Å². The first kappa shape index (κ1) is 19.2. The number of amides is 1. The fraction of sp³-hybridized carbons (Fsp3) is 0.429. The summed E-state index contributed by atoms with van der Waals surface area (Å²) in [5.74, 6) is 1.56. The fourth-order valence-electron chi connectivity index (χ4n) is 3.69. The van der Waals surface area contributed by atoms with Crippen LogP contribution in [-0.2, 0) is 11.3 Å². The summed E-state index contributed by atoms with van der Waals surface area (Å²) in [6.07, 6.45) is 3.95. The largest absolute Gasteiger partial charge is 0.356 e. The molecule has 0 unspecified atom stereocenters. The zero-order valence-corrected chi connectivity index (χ0v) is 17.1. The fourth-order valence-corrected chi connectivity index (χ4v) is 3.69. The first-order valence-electron chi connectivity index (χ1n) is 9.99. The zero-order valence-electron chi connectivity index (χ0n) is 17.1. The number of piperidine rings is 1. The number of hydrogen-bond acceptors (Lipinski definition) is 5. The van der Waals surface area contributed by atoms with Crippen molar-refractivity contribution in [3.8, 4) is 0 Å². The number of fused-ring (bicyclic) bond motifs is 1. The summed E-state index contributed by atoms with van der Waals surface area (Å²) in [4.78, 5) is 31.8. The van der Waals surface area contributed by atoms with Gasteiger partial charge in [0.05, 0.1) is 0 Å². The number of carbonyl (C=O) groups is 1. The highest BCUT2D eigenvalue weighted by molar-refractivity contribution is 5.91. The standard InChI is InChI=1S/C21H26N6O2/c1-14-6-9-25(10-7-14)18-8-11-26-20(23-18)24-27(21(26)29)13-19(28)22-17-5-4-15(2)12-16(17)3/h4-5,8,11-12,14H,6-7,9-10,13H2,1-3H3,(H,22,28). The summed E-state index contributed by atoms with van der Waals surface area (Å²) >= 11 is 0. The summed E-state index contributed by atoms with van der Waals surface area (Å²) in [6.45, 7) is 7.94. The molecule has 1 N–H and O–H groups in total. The van der Waals surface area contributed by atoms with E-state index >= 15 is 0 Å². The number of rotatable bonds is 4. The second-order valence-corrected chi connectivity index (χ2v) is 7.93. The van der Waals surface area contributed by atoms with Gasteiger partial charge in [0, 0.05) is 25.0 Å². The zero-order chi connectivity index (χ0) is 20.5. The summed E-state index contributed by atoms with van der Waals surface area (Å²) in [5.41, 5.74) is 2.46. The second kappa shape index (κ2) is 7.69. The van der Waals surface area contributed by atoms with Gasteiger partial charge in [-0.1, -0.05) is 24.6 Å². The number of hydrogen-bond donors (Lipinski definition) is 1. The summed E-state index contributed by atoms with van der Waals surface area (Å²) < 4.78 is 2.53. The van der Waals surface area contributed by atoms with Crippen molar-refractivity contribution in [1.29, 1.82) is 0 Å². The van der Waals surface area contributed by atoms with Gasteiger partial charge in [-0.3, -0.25) is 4.79 Å². The van der Waals surface area contributed by atoms with Crippen molar-refractivity contribution in [3.05, 3.63) is 52.1 Å². The van der Waals surface area contributed by atoms with Gasteiger partial charge in [-0.05, 0) is 50.3 Å². The minimum atomic E-state index is -0.373. The summed E-state index contributed by atoms with van der Waals surface area (Å²) in [5, 5.41) is 7.12. The van der Waals surface area contributed by atoms with Crippen LogP contribution in [0, 0.1) is 19.8 Å². The normalized spacial score (nSPS) is 15.1. The topological polar surface area (TPSA) is 84.5 Å². The van der Waals surface area contributed by atoms with E-state index in [4.69, 9.17) is 0 Å². The van der Waals surface area contributed by atoms with E-state index in [1.165, 1.54) is 4.40 Å². The second-order valence-electron chi connectivity index (χ2n) is 7.93. The molecular formula is C21H26N6O2. The number of nitrogens with zero attached hydrogens (tertiary/aromatic N) is 5. The molecule has 3 aromatic rings. The average Bonchev–Trinajstić information content (AvgIpc) is 2.99. The number of benzene rings is 1. The van der Waals surface area contributed by atoms with E-state index in [1.54, 1.807) is 6.20 Å². The lowest BCUT2D eigenvalue weighted by Crippen LogP contribution is -2.33. The molecule has 1 aliphatic heterocycles. The van der Waals surface area contributed by atoms with Gasteiger partial charge in [-0.15, -0.1) is 5.10 Å². The van der Waals surface area contributed by atoms with Crippen LogP contribution in [0.3, 0.4) is 0 Å². The molecule has 1 aliphatic rings. The molecule has 152 valence electrons. The number of aryl methyl sites for hydroxylation is 2. The van der Waals surface area contributed by atoms with Crippen molar-refractivity contribution in [2.24, 2.45) is 5.92 Å². The molecule has 3 heterocycles. The van der Waals surface area contributed by atoms with E-state index in [0.717, 1.165) is 59.2 Å². The molecule has 0 atom stereocenters. The van der Waals surface area contributed by atoms with Crippen LogP contribution in [0.25, 0.3) is 5.78 Å². The first-order chi connectivity index (χ1) is 13.9. The van der Waals surface area contributed by atoms with Crippen LogP contribution < -0.4 is 15.9 Å². The van der Waals surface area contributed by atoms with Gasteiger partial charge in [-0.25, -0.2) is 13.9 Å². The van der Waals surface area contributed by atoms with Gasteiger partial charge in [0.25, 0.3) is 5.78 Å². The van der Waals surface area contributed by atoms with Gasteiger partial charge in [-0.2, -0.15) is 4.98 Å². The molecule has 29 heavy (non-hydrogen) atoms. The number of aromatic nitrogens is 4. The highest BCUT2D eigenvalue weighted by atomic mass is 16.2. The lowest BCUT2D eigenvalue weighted by atomic mass is 9.99. The molecule has 1 amide bonds. The molecule has 0 bridgehead atoms. The molecule has 0 aliphatic carbocycles. The summed E-state index contributed by atoms with van der Waals surface area (Å²) in [6, 6.07) is 7.64. The Morgan fingerprint density at radius 3 is 2.69 bits per heavy atom. The molecule has 0 saturated carbocycles. The highest BCUT2D eigenvalue weighted by Gasteiger charge is 2.19. The third-order valence-electron chi connectivity index (χ3n) is 5.50. The predicted molar refractivity (Wildman–Crippen MR) is 112 cm³/mol.